The van der Waals surface area contributed by atoms with Crippen molar-refractivity contribution in [1.29, 1.82) is 0 Å². The Kier molecular flexibility index (Phi) is 5.70. The van der Waals surface area contributed by atoms with E-state index in [1.165, 1.54) is 0 Å². The van der Waals surface area contributed by atoms with Gasteiger partial charge in [-0.1, -0.05) is 13.8 Å². The van der Waals surface area contributed by atoms with Gasteiger partial charge in [0.05, 0.1) is 0 Å². The molecule has 1 aromatic rings. The van der Waals surface area contributed by atoms with E-state index in [9.17, 15) is 0 Å². The minimum atomic E-state index is 0.609. The van der Waals surface area contributed by atoms with Crippen LogP contribution in [0, 0.1) is 5.92 Å². The van der Waals surface area contributed by atoms with Crippen molar-refractivity contribution in [1.82, 2.24) is 10.2 Å². The Morgan fingerprint density at radius 2 is 2.33 bits per heavy atom. The van der Waals surface area contributed by atoms with Gasteiger partial charge in [-0.3, -0.25) is 0 Å². The predicted octanol–water partition coefficient (Wildman–Crippen LogP) is 1.95. The van der Waals surface area contributed by atoms with Crippen LogP contribution in [0.4, 0.5) is 5.82 Å². The zero-order valence-electron chi connectivity index (χ0n) is 9.44. The molecule has 15 heavy (non-hydrogen) atoms. The standard InChI is InChI=1S/C11H19N3O/c1-10(2)9-15-8-4-6-12-11-5-3-7-13-14-11/h3,5,7,10H,4,6,8-9H2,1-2H3,(H,12,14). The number of nitrogens with zero attached hydrogens (tertiary/aromatic N) is 2. The third-order valence-electron chi connectivity index (χ3n) is 1.80. The van der Waals surface area contributed by atoms with E-state index in [4.69, 9.17) is 4.74 Å². The van der Waals surface area contributed by atoms with Crippen molar-refractivity contribution >= 4 is 5.82 Å². The fourth-order valence-electron chi connectivity index (χ4n) is 1.11. The van der Waals surface area contributed by atoms with Gasteiger partial charge in [-0.2, -0.15) is 5.10 Å². The number of hydrogen-bond donors (Lipinski definition) is 1. The van der Waals surface area contributed by atoms with Crippen LogP contribution in [-0.4, -0.2) is 30.0 Å². The molecule has 0 saturated carbocycles. The van der Waals surface area contributed by atoms with Gasteiger partial charge >= 0.3 is 0 Å². The molecule has 0 aliphatic carbocycles. The summed E-state index contributed by atoms with van der Waals surface area (Å²) in [7, 11) is 0. The molecule has 0 aliphatic rings. The molecule has 0 atom stereocenters. The lowest BCUT2D eigenvalue weighted by atomic mass is 10.2. The van der Waals surface area contributed by atoms with E-state index in [2.05, 4.69) is 29.4 Å². The molecule has 0 unspecified atom stereocenters. The first-order valence-corrected chi connectivity index (χ1v) is 5.38. The Balaban J connectivity index is 1.98. The van der Waals surface area contributed by atoms with Gasteiger partial charge in [0.15, 0.2) is 0 Å². The van der Waals surface area contributed by atoms with Crippen LogP contribution in [0.15, 0.2) is 18.3 Å². The fourth-order valence-corrected chi connectivity index (χ4v) is 1.11. The zero-order valence-corrected chi connectivity index (χ0v) is 9.44. The van der Waals surface area contributed by atoms with E-state index in [1.54, 1.807) is 6.20 Å². The molecule has 1 N–H and O–H groups in total. The fraction of sp³-hybridized carbons (Fsp3) is 0.636. The van der Waals surface area contributed by atoms with Crippen LogP contribution in [0.2, 0.25) is 0 Å². The summed E-state index contributed by atoms with van der Waals surface area (Å²) in [4.78, 5) is 0. The molecule has 0 aromatic carbocycles. The van der Waals surface area contributed by atoms with Gasteiger partial charge in [0.1, 0.15) is 5.82 Å². The Labute approximate surface area is 91.1 Å². The molecule has 1 heterocycles. The first kappa shape index (κ1) is 11.9. The van der Waals surface area contributed by atoms with E-state index in [1.807, 2.05) is 12.1 Å². The minimum Gasteiger partial charge on any atom is -0.381 e. The highest BCUT2D eigenvalue weighted by molar-refractivity contribution is 5.30. The molecular formula is C11H19N3O. The van der Waals surface area contributed by atoms with Crippen molar-refractivity contribution in [3.63, 3.8) is 0 Å². The van der Waals surface area contributed by atoms with Gasteiger partial charge in [0.2, 0.25) is 0 Å². The molecule has 4 nitrogen and oxygen atoms in total. The molecule has 0 saturated heterocycles. The zero-order chi connectivity index (χ0) is 10.9. The Bertz CT molecular complexity index is 251. The van der Waals surface area contributed by atoms with Crippen LogP contribution in [-0.2, 0) is 4.74 Å². The Morgan fingerprint density at radius 1 is 1.47 bits per heavy atom. The van der Waals surface area contributed by atoms with Crippen molar-refractivity contribution in [3.05, 3.63) is 18.3 Å². The summed E-state index contributed by atoms with van der Waals surface area (Å²) in [5, 5.41) is 10.9. The maximum atomic E-state index is 5.46. The van der Waals surface area contributed by atoms with Gasteiger partial charge < -0.3 is 10.1 Å². The summed E-state index contributed by atoms with van der Waals surface area (Å²) in [6, 6.07) is 3.77. The van der Waals surface area contributed by atoms with Gasteiger partial charge in [-0.15, -0.1) is 5.10 Å². The molecule has 0 aliphatic heterocycles. The Hall–Kier alpha value is -1.16. The van der Waals surface area contributed by atoms with E-state index >= 15 is 0 Å². The van der Waals surface area contributed by atoms with Gasteiger partial charge in [-0.05, 0) is 24.5 Å². The lowest BCUT2D eigenvalue weighted by Crippen LogP contribution is -2.09. The third kappa shape index (κ3) is 6.01. The second-order valence-corrected chi connectivity index (χ2v) is 3.86. The highest BCUT2D eigenvalue weighted by Gasteiger charge is 1.94. The maximum Gasteiger partial charge on any atom is 0.148 e. The van der Waals surface area contributed by atoms with Crippen molar-refractivity contribution in [3.8, 4) is 0 Å². The second kappa shape index (κ2) is 7.17. The van der Waals surface area contributed by atoms with E-state index in [0.29, 0.717) is 5.92 Å². The molecule has 0 spiro atoms. The van der Waals surface area contributed by atoms with Crippen molar-refractivity contribution < 1.29 is 4.74 Å². The van der Waals surface area contributed by atoms with Gasteiger partial charge in [0, 0.05) is 26.0 Å². The summed E-state index contributed by atoms with van der Waals surface area (Å²) in [6.07, 6.45) is 2.65. The topological polar surface area (TPSA) is 47.0 Å². The van der Waals surface area contributed by atoms with Crippen LogP contribution in [0.5, 0.6) is 0 Å². The SMILES string of the molecule is CC(C)COCCCNc1cccnn1. The largest absolute Gasteiger partial charge is 0.381 e. The number of anilines is 1. The van der Waals surface area contributed by atoms with Crippen molar-refractivity contribution in [2.24, 2.45) is 5.92 Å². The van der Waals surface area contributed by atoms with E-state index < -0.39 is 0 Å². The summed E-state index contributed by atoms with van der Waals surface area (Å²) < 4.78 is 5.46. The van der Waals surface area contributed by atoms with Crippen LogP contribution in [0.3, 0.4) is 0 Å². The highest BCUT2D eigenvalue weighted by atomic mass is 16.5. The monoisotopic (exact) mass is 209 g/mol. The number of ether oxygens (including phenoxy) is 1. The first-order valence-electron chi connectivity index (χ1n) is 5.38. The molecule has 0 amide bonds. The lowest BCUT2D eigenvalue weighted by molar-refractivity contribution is 0.110. The van der Waals surface area contributed by atoms with E-state index in [0.717, 1.165) is 32.0 Å². The van der Waals surface area contributed by atoms with E-state index in [-0.39, 0.29) is 0 Å². The molecule has 4 heteroatoms. The molecule has 1 rings (SSSR count). The molecule has 1 aromatic heterocycles. The predicted molar refractivity (Wildman–Crippen MR) is 60.8 cm³/mol. The first-order chi connectivity index (χ1) is 7.29. The molecule has 0 radical (unpaired) electrons. The molecule has 0 fully saturated rings. The van der Waals surface area contributed by atoms with Crippen molar-refractivity contribution in [2.75, 3.05) is 25.1 Å². The summed E-state index contributed by atoms with van der Waals surface area (Å²) in [5.41, 5.74) is 0. The summed E-state index contributed by atoms with van der Waals surface area (Å²) in [5.74, 6) is 1.43. The van der Waals surface area contributed by atoms with Crippen molar-refractivity contribution in [2.45, 2.75) is 20.3 Å². The molecular weight excluding hydrogens is 190 g/mol. The smallest absolute Gasteiger partial charge is 0.148 e. The number of hydrogen-bond acceptors (Lipinski definition) is 4. The number of rotatable bonds is 7. The van der Waals surface area contributed by atoms with Crippen LogP contribution in [0.25, 0.3) is 0 Å². The lowest BCUT2D eigenvalue weighted by Gasteiger charge is -2.07. The molecule has 84 valence electrons. The van der Waals surface area contributed by atoms with Crippen LogP contribution in [0.1, 0.15) is 20.3 Å². The minimum absolute atomic E-state index is 0.609. The Morgan fingerprint density at radius 3 is 3.00 bits per heavy atom. The van der Waals surface area contributed by atoms with Crippen LogP contribution < -0.4 is 5.32 Å². The highest BCUT2D eigenvalue weighted by Crippen LogP contribution is 1.98. The van der Waals surface area contributed by atoms with Crippen LogP contribution >= 0.6 is 0 Å². The molecule has 0 bridgehead atoms. The number of aromatic nitrogens is 2. The summed E-state index contributed by atoms with van der Waals surface area (Å²) >= 11 is 0. The quantitative estimate of drug-likeness (QED) is 0.697. The number of nitrogens with one attached hydrogen (secondary N) is 1. The third-order valence-corrected chi connectivity index (χ3v) is 1.80. The second-order valence-electron chi connectivity index (χ2n) is 3.86. The van der Waals surface area contributed by atoms with Gasteiger partial charge in [0.25, 0.3) is 0 Å². The average Bonchev–Trinajstić information content (AvgIpc) is 2.24. The summed E-state index contributed by atoms with van der Waals surface area (Å²) in [6.45, 7) is 6.81. The van der Waals surface area contributed by atoms with Gasteiger partial charge in [-0.25, -0.2) is 0 Å². The normalized spacial score (nSPS) is 10.6. The average molecular weight is 209 g/mol. The maximum absolute atomic E-state index is 5.46.